The number of anilines is 1. The fourth-order valence-electron chi connectivity index (χ4n) is 4.52. The minimum Gasteiger partial charge on any atom is -0.342 e. The van der Waals surface area contributed by atoms with Crippen molar-refractivity contribution in [3.8, 4) is 0 Å². The maximum atomic E-state index is 13.0. The van der Waals surface area contributed by atoms with Gasteiger partial charge in [-0.3, -0.25) is 14.4 Å². The van der Waals surface area contributed by atoms with Gasteiger partial charge < -0.3 is 4.90 Å². The van der Waals surface area contributed by atoms with E-state index in [1.165, 1.54) is 4.90 Å². The van der Waals surface area contributed by atoms with Crippen LogP contribution in [0.3, 0.4) is 0 Å². The number of hydrogen-bond acceptors (Lipinski definition) is 5. The lowest BCUT2D eigenvalue weighted by Gasteiger charge is -2.33. The number of likely N-dealkylation sites (tertiary alicyclic amines) is 1. The molecule has 0 saturated carbocycles. The first kappa shape index (κ1) is 25.1. The summed E-state index contributed by atoms with van der Waals surface area (Å²) in [6.07, 6.45) is 1.44. The summed E-state index contributed by atoms with van der Waals surface area (Å²) in [5.74, 6) is -0.603. The first-order valence-corrected chi connectivity index (χ1v) is 13.6. The van der Waals surface area contributed by atoms with E-state index in [1.807, 2.05) is 19.1 Å². The lowest BCUT2D eigenvalue weighted by Crippen LogP contribution is -2.42. The van der Waals surface area contributed by atoms with Crippen LogP contribution in [-0.4, -0.2) is 54.6 Å². The number of rotatable bonds is 5. The average molecular weight is 497 g/mol. The molecule has 186 valence electrons. The Morgan fingerprint density at radius 2 is 1.54 bits per heavy atom. The molecule has 1 saturated heterocycles. The molecule has 1 fully saturated rings. The van der Waals surface area contributed by atoms with Crippen molar-refractivity contribution in [2.24, 2.45) is 5.92 Å². The van der Waals surface area contributed by atoms with Crippen LogP contribution in [-0.2, 0) is 21.1 Å². The Morgan fingerprint density at radius 1 is 0.943 bits per heavy atom. The second kappa shape index (κ2) is 9.22. The molecule has 0 aromatic heterocycles. The minimum atomic E-state index is -3.19. The SMILES string of the molecule is Cc1ccc(N2C(=O)c3ccc(CC(=O)N4CCC(CS(=O)(=O)C(C)(C)C)CC4)cc3C2=O)cc1. The van der Waals surface area contributed by atoms with E-state index >= 15 is 0 Å². The molecule has 0 N–H and O–H groups in total. The number of amides is 3. The zero-order chi connectivity index (χ0) is 25.5. The van der Waals surface area contributed by atoms with Crippen molar-refractivity contribution in [1.29, 1.82) is 0 Å². The Balaban J connectivity index is 1.40. The molecule has 0 unspecified atom stereocenters. The molecule has 0 spiro atoms. The largest absolute Gasteiger partial charge is 0.342 e. The number of sulfone groups is 1. The first-order valence-electron chi connectivity index (χ1n) is 12.0. The highest BCUT2D eigenvalue weighted by Crippen LogP contribution is 2.30. The van der Waals surface area contributed by atoms with E-state index in [1.54, 1.807) is 56.0 Å². The topological polar surface area (TPSA) is 91.8 Å². The number of fused-ring (bicyclic) bond motifs is 1. The van der Waals surface area contributed by atoms with Gasteiger partial charge >= 0.3 is 0 Å². The standard InChI is InChI=1S/C27H32N2O5S/c1-18-5-8-21(9-6-18)29-25(31)22-10-7-20(15-23(22)26(29)32)16-24(30)28-13-11-19(12-14-28)17-35(33,34)27(2,3)4/h5-10,15,19H,11-14,16-17H2,1-4H3. The fraction of sp³-hybridized carbons (Fsp3) is 0.444. The van der Waals surface area contributed by atoms with Crippen molar-refractivity contribution in [2.75, 3.05) is 23.7 Å². The fourth-order valence-corrected chi connectivity index (χ4v) is 5.98. The third-order valence-corrected chi connectivity index (χ3v) is 9.73. The van der Waals surface area contributed by atoms with Crippen LogP contribution in [0.15, 0.2) is 42.5 Å². The molecule has 0 atom stereocenters. The second-order valence-corrected chi connectivity index (χ2v) is 13.3. The molecule has 2 aliphatic heterocycles. The lowest BCUT2D eigenvalue weighted by molar-refractivity contribution is -0.131. The third-order valence-electron chi connectivity index (χ3n) is 6.95. The number of carbonyl (C=O) groups is 3. The molecule has 2 aromatic rings. The van der Waals surface area contributed by atoms with Gasteiger partial charge in [0.1, 0.15) is 0 Å². The van der Waals surface area contributed by atoms with Gasteiger partial charge in [0.15, 0.2) is 9.84 Å². The molecule has 0 bridgehead atoms. The van der Waals surface area contributed by atoms with Gasteiger partial charge in [0.05, 0.1) is 33.7 Å². The van der Waals surface area contributed by atoms with E-state index < -0.39 is 14.6 Å². The molecule has 7 nitrogen and oxygen atoms in total. The number of nitrogens with zero attached hydrogens (tertiary/aromatic N) is 2. The Kier molecular flexibility index (Phi) is 6.62. The summed E-state index contributed by atoms with van der Waals surface area (Å²) in [7, 11) is -3.19. The maximum Gasteiger partial charge on any atom is 0.266 e. The van der Waals surface area contributed by atoms with Crippen LogP contribution in [0.5, 0.6) is 0 Å². The Morgan fingerprint density at radius 3 is 2.14 bits per heavy atom. The van der Waals surface area contributed by atoms with E-state index in [2.05, 4.69) is 0 Å². The Hall–Kier alpha value is -3.00. The van der Waals surface area contributed by atoms with Gasteiger partial charge in [-0.2, -0.15) is 0 Å². The van der Waals surface area contributed by atoms with Gasteiger partial charge in [-0.05, 0) is 76.3 Å². The number of aryl methyl sites for hydroxylation is 1. The third kappa shape index (κ3) is 5.03. The Bertz CT molecular complexity index is 1270. The van der Waals surface area contributed by atoms with Crippen molar-refractivity contribution in [2.45, 2.75) is 51.7 Å². The van der Waals surface area contributed by atoms with E-state index in [-0.39, 0.29) is 35.8 Å². The van der Waals surface area contributed by atoms with Crippen molar-refractivity contribution >= 4 is 33.2 Å². The van der Waals surface area contributed by atoms with Crippen LogP contribution in [0.25, 0.3) is 0 Å². The van der Waals surface area contributed by atoms with Gasteiger partial charge in [0.2, 0.25) is 5.91 Å². The summed E-state index contributed by atoms with van der Waals surface area (Å²) in [4.78, 5) is 41.7. The predicted octanol–water partition coefficient (Wildman–Crippen LogP) is 3.79. The number of carbonyl (C=O) groups excluding carboxylic acids is 3. The van der Waals surface area contributed by atoms with Crippen LogP contribution >= 0.6 is 0 Å². The highest BCUT2D eigenvalue weighted by Gasteiger charge is 2.37. The summed E-state index contributed by atoms with van der Waals surface area (Å²) in [6, 6.07) is 12.2. The van der Waals surface area contributed by atoms with Crippen molar-refractivity contribution in [3.05, 3.63) is 64.7 Å². The van der Waals surface area contributed by atoms with E-state index in [9.17, 15) is 22.8 Å². The molecule has 0 radical (unpaired) electrons. The molecule has 2 aliphatic rings. The molecular weight excluding hydrogens is 464 g/mol. The van der Waals surface area contributed by atoms with Crippen LogP contribution < -0.4 is 4.90 Å². The maximum absolute atomic E-state index is 13.0. The highest BCUT2D eigenvalue weighted by molar-refractivity contribution is 7.92. The molecule has 4 rings (SSSR count). The highest BCUT2D eigenvalue weighted by atomic mass is 32.2. The average Bonchev–Trinajstić information content (AvgIpc) is 3.03. The van der Waals surface area contributed by atoms with Crippen LogP contribution in [0.4, 0.5) is 5.69 Å². The molecular formula is C27H32N2O5S. The van der Waals surface area contributed by atoms with Gasteiger partial charge in [0, 0.05) is 13.1 Å². The number of piperidine rings is 1. The monoisotopic (exact) mass is 496 g/mol. The molecule has 2 aromatic carbocycles. The molecule has 8 heteroatoms. The van der Waals surface area contributed by atoms with Gasteiger partial charge in [0.25, 0.3) is 11.8 Å². The van der Waals surface area contributed by atoms with Crippen molar-refractivity contribution < 1.29 is 22.8 Å². The molecule has 0 aliphatic carbocycles. The first-order chi connectivity index (χ1) is 16.4. The zero-order valence-electron chi connectivity index (χ0n) is 20.7. The Labute approximate surface area is 207 Å². The van der Waals surface area contributed by atoms with Crippen molar-refractivity contribution in [3.63, 3.8) is 0 Å². The van der Waals surface area contributed by atoms with E-state index in [0.717, 1.165) is 5.56 Å². The smallest absolute Gasteiger partial charge is 0.266 e. The van der Waals surface area contributed by atoms with Gasteiger partial charge in [-0.25, -0.2) is 13.3 Å². The van der Waals surface area contributed by atoms with Crippen LogP contribution in [0, 0.1) is 12.8 Å². The summed E-state index contributed by atoms with van der Waals surface area (Å²) in [5, 5.41) is 0. The lowest BCUT2D eigenvalue weighted by atomic mass is 9.98. The van der Waals surface area contributed by atoms with E-state index in [0.29, 0.717) is 48.3 Å². The van der Waals surface area contributed by atoms with Gasteiger partial charge in [-0.1, -0.05) is 23.8 Å². The summed E-state index contributed by atoms with van der Waals surface area (Å²) < 4.78 is 24.2. The van der Waals surface area contributed by atoms with Crippen LogP contribution in [0.2, 0.25) is 0 Å². The number of benzene rings is 2. The predicted molar refractivity (Wildman–Crippen MR) is 135 cm³/mol. The van der Waals surface area contributed by atoms with E-state index in [4.69, 9.17) is 0 Å². The summed E-state index contributed by atoms with van der Waals surface area (Å²) in [5.41, 5.74) is 2.89. The normalized spacial score (nSPS) is 17.1. The second-order valence-electron chi connectivity index (χ2n) is 10.6. The number of imide groups is 1. The quantitative estimate of drug-likeness (QED) is 0.588. The number of hydrogen-bond donors (Lipinski definition) is 0. The molecule has 3 amide bonds. The van der Waals surface area contributed by atoms with Gasteiger partial charge in [-0.15, -0.1) is 0 Å². The molecule has 2 heterocycles. The van der Waals surface area contributed by atoms with Crippen LogP contribution in [0.1, 0.15) is 65.5 Å². The van der Waals surface area contributed by atoms with Crippen molar-refractivity contribution in [1.82, 2.24) is 4.90 Å². The summed E-state index contributed by atoms with van der Waals surface area (Å²) >= 11 is 0. The summed E-state index contributed by atoms with van der Waals surface area (Å²) in [6.45, 7) is 8.13. The minimum absolute atomic E-state index is 0.0552. The molecule has 35 heavy (non-hydrogen) atoms. The zero-order valence-corrected chi connectivity index (χ0v) is 21.5.